The minimum absolute atomic E-state index is 0.741. The Morgan fingerprint density at radius 2 is 1.85 bits per heavy atom. The molecule has 0 N–H and O–H groups in total. The molecule has 1 aromatic carbocycles. The van der Waals surface area contributed by atoms with E-state index >= 15 is 0 Å². The Hall–Kier alpha value is -1.25. The van der Waals surface area contributed by atoms with E-state index in [1.165, 1.54) is 0 Å². The zero-order valence-corrected chi connectivity index (χ0v) is 7.22. The number of hydrogen-bond acceptors (Lipinski definition) is 2. The molecule has 0 saturated heterocycles. The van der Waals surface area contributed by atoms with Gasteiger partial charge >= 0.3 is 0 Å². The SMILES string of the molecule is [B][B]CCn1nc2ccccc2n1. The molecule has 0 amide bonds. The lowest BCUT2D eigenvalue weighted by atomic mass is 9.54. The first kappa shape index (κ1) is 8.35. The van der Waals surface area contributed by atoms with Gasteiger partial charge in [-0.3, -0.25) is 0 Å². The third-order valence-electron chi connectivity index (χ3n) is 1.82. The van der Waals surface area contributed by atoms with Gasteiger partial charge in [0, 0.05) is 7.74 Å². The number of hydrogen-bond donors (Lipinski definition) is 0. The van der Waals surface area contributed by atoms with Crippen molar-refractivity contribution in [1.82, 2.24) is 15.0 Å². The maximum atomic E-state index is 5.28. The minimum atomic E-state index is 0.741. The van der Waals surface area contributed by atoms with Crippen LogP contribution < -0.4 is 0 Å². The first-order valence-corrected chi connectivity index (χ1v) is 4.23. The fourth-order valence-corrected chi connectivity index (χ4v) is 1.19. The van der Waals surface area contributed by atoms with Crippen molar-refractivity contribution in [2.45, 2.75) is 12.9 Å². The Balaban J connectivity index is 2.28. The highest BCUT2D eigenvalue weighted by molar-refractivity contribution is 6.89. The van der Waals surface area contributed by atoms with Crippen LogP contribution in [0.15, 0.2) is 24.3 Å². The molecule has 0 aliphatic carbocycles. The second-order valence-corrected chi connectivity index (χ2v) is 2.81. The van der Waals surface area contributed by atoms with Crippen LogP contribution >= 0.6 is 0 Å². The van der Waals surface area contributed by atoms with E-state index in [4.69, 9.17) is 7.74 Å². The summed E-state index contributed by atoms with van der Waals surface area (Å²) in [6.07, 6.45) is 0.793. The van der Waals surface area contributed by atoms with E-state index in [9.17, 15) is 0 Å². The molecule has 61 valence electrons. The monoisotopic (exact) mass is 168 g/mol. The summed E-state index contributed by atoms with van der Waals surface area (Å²) in [4.78, 5) is 1.67. The van der Waals surface area contributed by atoms with Gasteiger partial charge in [0.25, 0.3) is 0 Å². The summed E-state index contributed by atoms with van der Waals surface area (Å²) in [6, 6.07) is 7.81. The van der Waals surface area contributed by atoms with Crippen molar-refractivity contribution in [3.8, 4) is 0 Å². The van der Waals surface area contributed by atoms with Crippen LogP contribution in [0.3, 0.4) is 0 Å². The predicted octanol–water partition coefficient (Wildman–Crippen LogP) is 0.637. The van der Waals surface area contributed by atoms with Gasteiger partial charge in [-0.1, -0.05) is 18.5 Å². The zero-order chi connectivity index (χ0) is 9.10. The molecule has 0 spiro atoms. The van der Waals surface area contributed by atoms with E-state index in [1.54, 1.807) is 12.0 Å². The van der Waals surface area contributed by atoms with Crippen LogP contribution in [-0.4, -0.2) is 29.9 Å². The highest BCUT2D eigenvalue weighted by Crippen LogP contribution is 2.06. The Morgan fingerprint density at radius 1 is 1.23 bits per heavy atom. The fourth-order valence-electron chi connectivity index (χ4n) is 1.19. The summed E-state index contributed by atoms with van der Waals surface area (Å²) in [7, 11) is 6.90. The highest BCUT2D eigenvalue weighted by Gasteiger charge is 1.99. The summed E-state index contributed by atoms with van der Waals surface area (Å²) in [5.74, 6) is 0. The van der Waals surface area contributed by atoms with Gasteiger partial charge in [-0.2, -0.15) is 15.0 Å². The van der Waals surface area contributed by atoms with E-state index in [1.807, 2.05) is 24.3 Å². The number of nitrogens with zero attached hydrogens (tertiary/aromatic N) is 3. The Morgan fingerprint density at radius 3 is 2.38 bits per heavy atom. The molecule has 5 heteroatoms. The van der Waals surface area contributed by atoms with Gasteiger partial charge in [-0.25, -0.2) is 0 Å². The molecule has 1 aromatic heterocycles. The molecule has 0 unspecified atom stereocenters. The second kappa shape index (κ2) is 3.64. The van der Waals surface area contributed by atoms with Gasteiger partial charge in [0.1, 0.15) is 11.0 Å². The maximum absolute atomic E-state index is 5.28. The van der Waals surface area contributed by atoms with E-state index in [0.29, 0.717) is 0 Å². The lowest BCUT2D eigenvalue weighted by Gasteiger charge is -1.93. The largest absolute Gasteiger partial charge is 0.184 e. The van der Waals surface area contributed by atoms with Crippen LogP contribution in [0.4, 0.5) is 0 Å². The van der Waals surface area contributed by atoms with Crippen molar-refractivity contribution in [2.24, 2.45) is 0 Å². The third-order valence-corrected chi connectivity index (χ3v) is 1.82. The summed E-state index contributed by atoms with van der Waals surface area (Å²) >= 11 is 0. The van der Waals surface area contributed by atoms with Crippen LogP contribution in [0, 0.1) is 0 Å². The Labute approximate surface area is 78.8 Å². The molecule has 0 aliphatic rings. The van der Waals surface area contributed by atoms with Crippen LogP contribution in [0.2, 0.25) is 6.32 Å². The number of fused-ring (bicyclic) bond motifs is 1. The first-order valence-electron chi connectivity index (χ1n) is 4.23. The standard InChI is InChI=1S/C8H8B2N3/c9-10-5-6-13-11-7-3-1-2-4-8(7)12-13/h1-4H,5-6H2. The molecule has 13 heavy (non-hydrogen) atoms. The predicted molar refractivity (Wildman–Crippen MR) is 53.8 cm³/mol. The first-order chi connectivity index (χ1) is 6.40. The Bertz CT molecular complexity index is 366. The van der Waals surface area contributed by atoms with E-state index in [0.717, 1.165) is 23.9 Å². The molecule has 0 saturated carbocycles. The molecular formula is C8H8B2N3. The molecule has 0 aliphatic heterocycles. The molecule has 2 aromatic rings. The number of aryl methyl sites for hydroxylation is 1. The van der Waals surface area contributed by atoms with Gasteiger partial charge in [0.05, 0.1) is 13.7 Å². The molecular weight excluding hydrogens is 160 g/mol. The molecule has 0 fully saturated rings. The number of benzene rings is 1. The zero-order valence-electron chi connectivity index (χ0n) is 7.22. The van der Waals surface area contributed by atoms with Crippen LogP contribution in [0.5, 0.6) is 0 Å². The summed E-state index contributed by atoms with van der Waals surface area (Å²) in [5, 5.41) is 8.56. The van der Waals surface area contributed by atoms with Crippen molar-refractivity contribution in [3.63, 3.8) is 0 Å². The smallest absolute Gasteiger partial charge is 0.113 e. The van der Waals surface area contributed by atoms with Gasteiger partial charge < -0.3 is 0 Å². The van der Waals surface area contributed by atoms with Crippen molar-refractivity contribution in [3.05, 3.63) is 24.3 Å². The van der Waals surface area contributed by atoms with E-state index < -0.39 is 0 Å². The summed E-state index contributed by atoms with van der Waals surface area (Å²) < 4.78 is 0. The number of rotatable bonds is 3. The fraction of sp³-hybridized carbons (Fsp3) is 0.250. The molecule has 1 heterocycles. The molecule has 0 bridgehead atoms. The number of aromatic nitrogens is 3. The highest BCUT2D eigenvalue weighted by atomic mass is 15.5. The second-order valence-electron chi connectivity index (χ2n) is 2.81. The lowest BCUT2D eigenvalue weighted by Crippen LogP contribution is -2.04. The lowest BCUT2D eigenvalue weighted by molar-refractivity contribution is 0.577. The average Bonchev–Trinajstić information content (AvgIpc) is 2.57. The van der Waals surface area contributed by atoms with E-state index in [2.05, 4.69) is 10.2 Å². The maximum Gasteiger partial charge on any atom is 0.113 e. The average molecular weight is 168 g/mol. The summed E-state index contributed by atoms with van der Waals surface area (Å²) in [6.45, 7) is 0.741. The molecule has 3 nitrogen and oxygen atoms in total. The molecule has 3 radical (unpaired) electrons. The minimum Gasteiger partial charge on any atom is -0.184 e. The van der Waals surface area contributed by atoms with Crippen LogP contribution in [0.25, 0.3) is 11.0 Å². The van der Waals surface area contributed by atoms with Crippen LogP contribution in [-0.2, 0) is 6.54 Å². The Kier molecular flexibility index (Phi) is 2.34. The molecule has 0 atom stereocenters. The van der Waals surface area contributed by atoms with Crippen LogP contribution in [0.1, 0.15) is 0 Å². The third kappa shape index (κ3) is 1.74. The van der Waals surface area contributed by atoms with Crippen molar-refractivity contribution >= 4 is 25.9 Å². The van der Waals surface area contributed by atoms with Crippen molar-refractivity contribution in [2.75, 3.05) is 0 Å². The summed E-state index contributed by atoms with van der Waals surface area (Å²) in [5.41, 5.74) is 1.86. The van der Waals surface area contributed by atoms with Gasteiger partial charge in [0.15, 0.2) is 0 Å². The van der Waals surface area contributed by atoms with Crippen molar-refractivity contribution < 1.29 is 0 Å². The van der Waals surface area contributed by atoms with E-state index in [-0.39, 0.29) is 0 Å². The van der Waals surface area contributed by atoms with Gasteiger partial charge in [0.2, 0.25) is 0 Å². The molecule has 2 rings (SSSR count). The van der Waals surface area contributed by atoms with Crippen molar-refractivity contribution in [1.29, 1.82) is 0 Å². The normalized spacial score (nSPS) is 10.5. The quantitative estimate of drug-likeness (QED) is 0.629. The van der Waals surface area contributed by atoms with Gasteiger partial charge in [-0.05, 0) is 12.1 Å². The van der Waals surface area contributed by atoms with Gasteiger partial charge in [-0.15, -0.1) is 0 Å². The topological polar surface area (TPSA) is 30.7 Å².